The Balaban J connectivity index is 1.98. The van der Waals surface area contributed by atoms with E-state index in [-0.39, 0.29) is 5.97 Å². The van der Waals surface area contributed by atoms with Crippen molar-refractivity contribution in [3.05, 3.63) is 0 Å². The molecule has 0 atom stereocenters. The number of nitrogens with zero attached hydrogens (tertiary/aromatic N) is 1. The molecule has 0 aromatic carbocycles. The molecule has 3 heteroatoms. The smallest absolute Gasteiger partial charge is 0.307 e. The summed E-state index contributed by atoms with van der Waals surface area (Å²) in [6.45, 7) is 7.75. The van der Waals surface area contributed by atoms with Crippen LogP contribution in [0.3, 0.4) is 0 Å². The molecule has 1 rings (SSSR count). The van der Waals surface area contributed by atoms with Gasteiger partial charge in [-0.2, -0.15) is 0 Å². The van der Waals surface area contributed by atoms with E-state index < -0.39 is 0 Å². The molecule has 1 heterocycles. The second kappa shape index (κ2) is 5.22. The summed E-state index contributed by atoms with van der Waals surface area (Å²) >= 11 is 0. The molecule has 0 amide bonds. The number of hydrogen-bond acceptors (Lipinski definition) is 3. The minimum atomic E-state index is -0.0672. The van der Waals surface area contributed by atoms with Gasteiger partial charge in [-0.15, -0.1) is 0 Å². The van der Waals surface area contributed by atoms with Gasteiger partial charge in [0.15, 0.2) is 0 Å². The third-order valence-corrected chi connectivity index (χ3v) is 2.55. The molecule has 0 unspecified atom stereocenters. The number of carbonyl (C=O) groups is 1. The molecule has 0 aromatic heterocycles. The van der Waals surface area contributed by atoms with Gasteiger partial charge in [0.05, 0.1) is 13.0 Å². The number of carbonyl (C=O) groups excluding carboxylic acids is 1. The van der Waals surface area contributed by atoms with Gasteiger partial charge in [0.1, 0.15) is 0 Å². The first kappa shape index (κ1) is 10.5. The molecule has 0 aromatic rings. The zero-order valence-corrected chi connectivity index (χ0v) is 8.58. The molecule has 1 fully saturated rings. The van der Waals surface area contributed by atoms with Crippen molar-refractivity contribution in [3.8, 4) is 0 Å². The van der Waals surface area contributed by atoms with Crippen molar-refractivity contribution in [3.63, 3.8) is 0 Å². The molecule has 13 heavy (non-hydrogen) atoms. The van der Waals surface area contributed by atoms with Crippen molar-refractivity contribution >= 4 is 5.97 Å². The molecule has 76 valence electrons. The quantitative estimate of drug-likeness (QED) is 0.604. The number of ether oxygens (including phenoxy) is 1. The topological polar surface area (TPSA) is 29.5 Å². The van der Waals surface area contributed by atoms with Gasteiger partial charge >= 0.3 is 5.97 Å². The molecule has 0 bridgehead atoms. The van der Waals surface area contributed by atoms with Crippen LogP contribution >= 0.6 is 0 Å². The summed E-state index contributed by atoms with van der Waals surface area (Å²) in [5.74, 6) is 0.796. The van der Waals surface area contributed by atoms with E-state index in [4.69, 9.17) is 4.74 Å². The largest absolute Gasteiger partial charge is 0.466 e. The highest BCUT2D eigenvalue weighted by molar-refractivity contribution is 5.69. The van der Waals surface area contributed by atoms with Crippen molar-refractivity contribution in [1.82, 2.24) is 4.90 Å². The van der Waals surface area contributed by atoms with Crippen molar-refractivity contribution in [2.24, 2.45) is 5.92 Å². The minimum absolute atomic E-state index is 0.0672. The lowest BCUT2D eigenvalue weighted by atomic mass is 9.97. The second-order valence-corrected chi connectivity index (χ2v) is 3.59. The standard InChI is InChI=1S/C10H19NO2/c1-3-9-7-11(8-9)6-5-10(12)13-4-2/h9H,3-8H2,1-2H3. The van der Waals surface area contributed by atoms with Crippen LogP contribution in [-0.4, -0.2) is 37.1 Å². The van der Waals surface area contributed by atoms with E-state index in [0.29, 0.717) is 13.0 Å². The van der Waals surface area contributed by atoms with E-state index in [1.807, 2.05) is 6.92 Å². The summed E-state index contributed by atoms with van der Waals surface area (Å²) in [4.78, 5) is 13.3. The van der Waals surface area contributed by atoms with E-state index in [0.717, 1.165) is 25.6 Å². The lowest BCUT2D eigenvalue weighted by molar-refractivity contribution is -0.143. The Labute approximate surface area is 80.1 Å². The Hall–Kier alpha value is -0.570. The monoisotopic (exact) mass is 185 g/mol. The molecule has 1 aliphatic heterocycles. The maximum atomic E-state index is 11.0. The molecular weight excluding hydrogens is 166 g/mol. The molecule has 0 N–H and O–H groups in total. The fourth-order valence-corrected chi connectivity index (χ4v) is 1.60. The SMILES string of the molecule is CCOC(=O)CCN1CC(CC)C1. The van der Waals surface area contributed by atoms with Crippen LogP contribution in [0.1, 0.15) is 26.7 Å². The number of hydrogen-bond donors (Lipinski definition) is 0. The lowest BCUT2D eigenvalue weighted by Gasteiger charge is -2.38. The summed E-state index contributed by atoms with van der Waals surface area (Å²) in [7, 11) is 0. The number of likely N-dealkylation sites (tertiary alicyclic amines) is 1. The maximum Gasteiger partial charge on any atom is 0.307 e. The van der Waals surface area contributed by atoms with Crippen LogP contribution in [-0.2, 0) is 9.53 Å². The van der Waals surface area contributed by atoms with Gasteiger partial charge in [0.2, 0.25) is 0 Å². The van der Waals surface area contributed by atoms with E-state index in [9.17, 15) is 4.79 Å². The van der Waals surface area contributed by atoms with Gasteiger partial charge in [-0.05, 0) is 12.8 Å². The molecular formula is C10H19NO2. The molecule has 1 saturated heterocycles. The average molecular weight is 185 g/mol. The van der Waals surface area contributed by atoms with Crippen molar-refractivity contribution < 1.29 is 9.53 Å². The first-order valence-corrected chi connectivity index (χ1v) is 5.14. The fourth-order valence-electron chi connectivity index (χ4n) is 1.60. The Kier molecular flexibility index (Phi) is 4.22. The first-order valence-electron chi connectivity index (χ1n) is 5.14. The van der Waals surface area contributed by atoms with Gasteiger partial charge in [-0.1, -0.05) is 13.3 Å². The van der Waals surface area contributed by atoms with Crippen molar-refractivity contribution in [2.75, 3.05) is 26.2 Å². The fraction of sp³-hybridized carbons (Fsp3) is 0.900. The third kappa shape index (κ3) is 3.35. The van der Waals surface area contributed by atoms with Crippen LogP contribution in [0.5, 0.6) is 0 Å². The van der Waals surface area contributed by atoms with Gasteiger partial charge in [0.25, 0.3) is 0 Å². The third-order valence-electron chi connectivity index (χ3n) is 2.55. The molecule has 0 aliphatic carbocycles. The van der Waals surface area contributed by atoms with Crippen LogP contribution in [0.25, 0.3) is 0 Å². The highest BCUT2D eigenvalue weighted by atomic mass is 16.5. The Morgan fingerprint density at radius 3 is 2.69 bits per heavy atom. The Morgan fingerprint density at radius 1 is 1.46 bits per heavy atom. The predicted octanol–water partition coefficient (Wildman–Crippen LogP) is 1.28. The van der Waals surface area contributed by atoms with Gasteiger partial charge < -0.3 is 9.64 Å². The normalized spacial score (nSPS) is 18.3. The van der Waals surface area contributed by atoms with Crippen molar-refractivity contribution in [2.45, 2.75) is 26.7 Å². The van der Waals surface area contributed by atoms with Crippen LogP contribution in [0.15, 0.2) is 0 Å². The summed E-state index contributed by atoms with van der Waals surface area (Å²) in [6.07, 6.45) is 1.81. The summed E-state index contributed by atoms with van der Waals surface area (Å²) < 4.78 is 4.85. The number of rotatable bonds is 5. The van der Waals surface area contributed by atoms with Crippen molar-refractivity contribution in [1.29, 1.82) is 0 Å². The van der Waals surface area contributed by atoms with Crippen LogP contribution in [0.2, 0.25) is 0 Å². The average Bonchev–Trinajstić information content (AvgIpc) is 2.02. The van der Waals surface area contributed by atoms with Crippen LogP contribution in [0, 0.1) is 5.92 Å². The molecule has 0 saturated carbocycles. The van der Waals surface area contributed by atoms with Gasteiger partial charge in [0, 0.05) is 19.6 Å². The van der Waals surface area contributed by atoms with Crippen LogP contribution in [0.4, 0.5) is 0 Å². The molecule has 0 spiro atoms. The van der Waals surface area contributed by atoms with Gasteiger partial charge in [-0.25, -0.2) is 0 Å². The van der Waals surface area contributed by atoms with E-state index >= 15 is 0 Å². The Morgan fingerprint density at radius 2 is 2.15 bits per heavy atom. The van der Waals surface area contributed by atoms with E-state index in [1.54, 1.807) is 0 Å². The maximum absolute atomic E-state index is 11.0. The molecule has 3 nitrogen and oxygen atoms in total. The minimum Gasteiger partial charge on any atom is -0.466 e. The predicted molar refractivity (Wildman–Crippen MR) is 51.5 cm³/mol. The lowest BCUT2D eigenvalue weighted by Crippen LogP contribution is -2.46. The zero-order valence-electron chi connectivity index (χ0n) is 8.58. The number of esters is 1. The van der Waals surface area contributed by atoms with Crippen LogP contribution < -0.4 is 0 Å². The molecule has 0 radical (unpaired) electrons. The van der Waals surface area contributed by atoms with E-state index in [1.165, 1.54) is 6.42 Å². The summed E-state index contributed by atoms with van der Waals surface area (Å²) in [5, 5.41) is 0. The summed E-state index contributed by atoms with van der Waals surface area (Å²) in [6, 6.07) is 0. The molecule has 1 aliphatic rings. The first-order chi connectivity index (χ1) is 6.26. The zero-order chi connectivity index (χ0) is 9.68. The van der Waals surface area contributed by atoms with E-state index in [2.05, 4.69) is 11.8 Å². The second-order valence-electron chi connectivity index (χ2n) is 3.59. The highest BCUT2D eigenvalue weighted by Crippen LogP contribution is 2.18. The Bertz CT molecular complexity index is 164. The van der Waals surface area contributed by atoms with Gasteiger partial charge in [-0.3, -0.25) is 4.79 Å². The summed E-state index contributed by atoms with van der Waals surface area (Å²) in [5.41, 5.74) is 0. The highest BCUT2D eigenvalue weighted by Gasteiger charge is 2.24.